The van der Waals surface area contributed by atoms with Crippen molar-refractivity contribution in [1.29, 1.82) is 0 Å². The molecule has 0 aromatic carbocycles. The lowest BCUT2D eigenvalue weighted by Gasteiger charge is -2.30. The number of esters is 1. The second kappa shape index (κ2) is 7.87. The van der Waals surface area contributed by atoms with Crippen LogP contribution in [0.4, 0.5) is 0 Å². The lowest BCUT2D eigenvalue weighted by atomic mass is 9.74. The summed E-state index contributed by atoms with van der Waals surface area (Å²) < 4.78 is 5.11. The van der Waals surface area contributed by atoms with Crippen LogP contribution in [0.3, 0.4) is 0 Å². The zero-order valence-corrected chi connectivity index (χ0v) is 11.7. The van der Waals surface area contributed by atoms with Gasteiger partial charge in [-0.25, -0.2) is 0 Å². The van der Waals surface area contributed by atoms with E-state index >= 15 is 0 Å². The second-order valence-electron chi connectivity index (χ2n) is 5.27. The van der Waals surface area contributed by atoms with E-state index in [1.54, 1.807) is 0 Å². The van der Waals surface area contributed by atoms with Gasteiger partial charge in [0, 0.05) is 0 Å². The van der Waals surface area contributed by atoms with Crippen molar-refractivity contribution in [3.63, 3.8) is 0 Å². The number of aliphatic carboxylic acids is 2. The van der Waals surface area contributed by atoms with E-state index in [2.05, 4.69) is 0 Å². The molecule has 1 rings (SSSR count). The number of carboxylic acids is 2. The van der Waals surface area contributed by atoms with Crippen molar-refractivity contribution in [2.24, 2.45) is 17.8 Å². The number of hydrogen-bond donors (Lipinski definition) is 2. The molecule has 0 spiro atoms. The molecule has 0 saturated heterocycles. The van der Waals surface area contributed by atoms with Crippen LogP contribution in [-0.4, -0.2) is 34.7 Å². The van der Waals surface area contributed by atoms with E-state index in [0.29, 0.717) is 13.0 Å². The number of ether oxygens (including phenoxy) is 1. The zero-order chi connectivity index (χ0) is 15.1. The van der Waals surface area contributed by atoms with Gasteiger partial charge in [0.15, 0.2) is 0 Å². The number of hydrogen-bond acceptors (Lipinski definition) is 4. The van der Waals surface area contributed by atoms with Gasteiger partial charge in [0.05, 0.1) is 24.4 Å². The third-order valence-electron chi connectivity index (χ3n) is 3.81. The molecule has 0 aromatic heterocycles. The molecular formula is C14H22O6. The van der Waals surface area contributed by atoms with E-state index in [1.165, 1.54) is 0 Å². The first-order chi connectivity index (χ1) is 9.47. The van der Waals surface area contributed by atoms with Crippen LogP contribution < -0.4 is 0 Å². The molecule has 0 bridgehead atoms. The quantitative estimate of drug-likeness (QED) is 0.547. The summed E-state index contributed by atoms with van der Waals surface area (Å²) in [6.07, 6.45) is 3.33. The van der Waals surface area contributed by atoms with Gasteiger partial charge in [0.1, 0.15) is 0 Å². The highest BCUT2D eigenvalue weighted by atomic mass is 16.5. The standard InChI is InChI=1S/C14H22O6/c1-2-3-4-7-20-14(19)10-6-5-9(12(15)16)8-11(10)13(17)18/h9-11H,2-8H2,1H3,(H,15,16)(H,17,18). The predicted octanol–water partition coefficient (Wildman–Crippen LogP) is 1.92. The minimum Gasteiger partial charge on any atom is -0.481 e. The van der Waals surface area contributed by atoms with E-state index in [0.717, 1.165) is 19.3 Å². The zero-order valence-electron chi connectivity index (χ0n) is 11.7. The maximum Gasteiger partial charge on any atom is 0.309 e. The summed E-state index contributed by atoms with van der Waals surface area (Å²) in [6, 6.07) is 0. The SMILES string of the molecule is CCCCCOC(=O)C1CCC(C(=O)O)CC1C(=O)O. The normalized spacial score (nSPS) is 25.9. The Hall–Kier alpha value is -1.59. The largest absolute Gasteiger partial charge is 0.481 e. The molecule has 20 heavy (non-hydrogen) atoms. The van der Waals surface area contributed by atoms with Gasteiger partial charge in [-0.1, -0.05) is 19.8 Å². The smallest absolute Gasteiger partial charge is 0.309 e. The fraction of sp³-hybridized carbons (Fsp3) is 0.786. The Kier molecular flexibility index (Phi) is 6.48. The number of rotatable bonds is 7. The van der Waals surface area contributed by atoms with Gasteiger partial charge in [-0.15, -0.1) is 0 Å². The van der Waals surface area contributed by atoms with Gasteiger partial charge < -0.3 is 14.9 Å². The number of carbonyl (C=O) groups excluding carboxylic acids is 1. The fourth-order valence-electron chi connectivity index (χ4n) is 2.58. The molecule has 1 aliphatic carbocycles. The van der Waals surface area contributed by atoms with Gasteiger partial charge in [0.2, 0.25) is 0 Å². The van der Waals surface area contributed by atoms with Crippen molar-refractivity contribution in [2.75, 3.05) is 6.61 Å². The fourth-order valence-corrected chi connectivity index (χ4v) is 2.58. The van der Waals surface area contributed by atoms with Crippen molar-refractivity contribution in [3.8, 4) is 0 Å². The summed E-state index contributed by atoms with van der Waals surface area (Å²) >= 11 is 0. The van der Waals surface area contributed by atoms with Crippen molar-refractivity contribution in [2.45, 2.75) is 45.4 Å². The van der Waals surface area contributed by atoms with Crippen molar-refractivity contribution < 1.29 is 29.3 Å². The molecule has 0 radical (unpaired) electrons. The van der Waals surface area contributed by atoms with Gasteiger partial charge in [-0.3, -0.25) is 14.4 Å². The van der Waals surface area contributed by atoms with Crippen LogP contribution in [0, 0.1) is 17.8 Å². The third-order valence-corrected chi connectivity index (χ3v) is 3.81. The monoisotopic (exact) mass is 286 g/mol. The van der Waals surface area contributed by atoms with Crippen LogP contribution >= 0.6 is 0 Å². The molecule has 6 heteroatoms. The first-order valence-corrected chi connectivity index (χ1v) is 7.09. The number of carbonyl (C=O) groups is 3. The molecule has 0 aliphatic heterocycles. The topological polar surface area (TPSA) is 101 Å². The Morgan fingerprint density at radius 1 is 1.05 bits per heavy atom. The van der Waals surface area contributed by atoms with Gasteiger partial charge in [0.25, 0.3) is 0 Å². The minimum atomic E-state index is -1.12. The average molecular weight is 286 g/mol. The Bertz CT molecular complexity index is 365. The Morgan fingerprint density at radius 2 is 1.75 bits per heavy atom. The highest BCUT2D eigenvalue weighted by Gasteiger charge is 2.42. The number of unbranched alkanes of at least 4 members (excludes halogenated alkanes) is 2. The molecule has 0 amide bonds. The van der Waals surface area contributed by atoms with E-state index in [-0.39, 0.29) is 12.8 Å². The molecule has 1 fully saturated rings. The second-order valence-corrected chi connectivity index (χ2v) is 5.27. The molecule has 1 aliphatic rings. The van der Waals surface area contributed by atoms with E-state index in [4.69, 9.17) is 14.9 Å². The van der Waals surface area contributed by atoms with Gasteiger partial charge >= 0.3 is 17.9 Å². The van der Waals surface area contributed by atoms with Gasteiger partial charge in [-0.05, 0) is 25.7 Å². The van der Waals surface area contributed by atoms with Crippen molar-refractivity contribution >= 4 is 17.9 Å². The summed E-state index contributed by atoms with van der Waals surface area (Å²) in [7, 11) is 0. The molecule has 1 saturated carbocycles. The first kappa shape index (κ1) is 16.5. The Labute approximate surface area is 118 Å². The lowest BCUT2D eigenvalue weighted by molar-refractivity contribution is -0.163. The first-order valence-electron chi connectivity index (χ1n) is 7.09. The molecule has 6 nitrogen and oxygen atoms in total. The lowest BCUT2D eigenvalue weighted by Crippen LogP contribution is -2.38. The van der Waals surface area contributed by atoms with E-state index in [9.17, 15) is 14.4 Å². The van der Waals surface area contributed by atoms with E-state index < -0.39 is 35.7 Å². The van der Waals surface area contributed by atoms with Crippen LogP contribution in [0.1, 0.15) is 45.4 Å². The molecular weight excluding hydrogens is 264 g/mol. The molecule has 3 unspecified atom stereocenters. The Balaban J connectivity index is 2.56. The highest BCUT2D eigenvalue weighted by Crippen LogP contribution is 2.35. The van der Waals surface area contributed by atoms with Crippen LogP contribution in [0.15, 0.2) is 0 Å². The predicted molar refractivity (Wildman–Crippen MR) is 70.1 cm³/mol. The Morgan fingerprint density at radius 3 is 2.30 bits per heavy atom. The minimum absolute atomic E-state index is 0.000602. The van der Waals surface area contributed by atoms with Crippen LogP contribution in [0.2, 0.25) is 0 Å². The number of carboxylic acid groups (broad SMARTS) is 2. The summed E-state index contributed by atoms with van der Waals surface area (Å²) in [6.45, 7) is 2.34. The molecule has 0 heterocycles. The molecule has 114 valence electrons. The molecule has 3 atom stereocenters. The maximum absolute atomic E-state index is 11.9. The molecule has 2 N–H and O–H groups in total. The van der Waals surface area contributed by atoms with Crippen molar-refractivity contribution in [3.05, 3.63) is 0 Å². The third kappa shape index (κ3) is 4.51. The highest BCUT2D eigenvalue weighted by molar-refractivity contribution is 5.82. The molecule has 0 aromatic rings. The van der Waals surface area contributed by atoms with Crippen LogP contribution in [0.25, 0.3) is 0 Å². The van der Waals surface area contributed by atoms with Gasteiger partial charge in [-0.2, -0.15) is 0 Å². The van der Waals surface area contributed by atoms with Crippen molar-refractivity contribution in [1.82, 2.24) is 0 Å². The average Bonchev–Trinajstić information content (AvgIpc) is 2.42. The summed E-state index contributed by atoms with van der Waals surface area (Å²) in [4.78, 5) is 34.1. The van der Waals surface area contributed by atoms with Crippen LogP contribution in [-0.2, 0) is 19.1 Å². The summed E-state index contributed by atoms with van der Waals surface area (Å²) in [5.41, 5.74) is 0. The summed E-state index contributed by atoms with van der Waals surface area (Å²) in [5.74, 6) is -4.97. The maximum atomic E-state index is 11.9. The summed E-state index contributed by atoms with van der Waals surface area (Å²) in [5, 5.41) is 18.1. The van der Waals surface area contributed by atoms with Crippen LogP contribution in [0.5, 0.6) is 0 Å². The van der Waals surface area contributed by atoms with E-state index in [1.807, 2.05) is 6.92 Å².